The molecule has 0 radical (unpaired) electrons. The standard InChI is InChI=1S/C16H15Br3O3/c1-20-14-4-2-3-12(16(14)19)7-11-5-6-13(21-9-17)8-15(11)22-10-18/h2-6,8H,7,9-10H2,1H3. The highest BCUT2D eigenvalue weighted by Crippen LogP contribution is 2.33. The Morgan fingerprint density at radius 1 is 0.909 bits per heavy atom. The van der Waals surface area contributed by atoms with E-state index in [9.17, 15) is 0 Å². The van der Waals surface area contributed by atoms with Gasteiger partial charge in [0.15, 0.2) is 0 Å². The fourth-order valence-electron chi connectivity index (χ4n) is 2.08. The van der Waals surface area contributed by atoms with Crippen LogP contribution in [0.5, 0.6) is 17.2 Å². The van der Waals surface area contributed by atoms with E-state index in [0.29, 0.717) is 11.0 Å². The Hall–Kier alpha value is -0.720. The van der Waals surface area contributed by atoms with Crippen molar-refractivity contribution in [2.24, 2.45) is 0 Å². The third-order valence-electron chi connectivity index (χ3n) is 3.11. The zero-order valence-corrected chi connectivity index (χ0v) is 16.7. The zero-order chi connectivity index (χ0) is 15.9. The molecule has 2 aromatic rings. The number of alkyl halides is 2. The Balaban J connectivity index is 2.32. The summed E-state index contributed by atoms with van der Waals surface area (Å²) >= 11 is 10.2. The van der Waals surface area contributed by atoms with E-state index < -0.39 is 0 Å². The third kappa shape index (κ3) is 4.40. The summed E-state index contributed by atoms with van der Waals surface area (Å²) in [5.41, 5.74) is 3.08. The summed E-state index contributed by atoms with van der Waals surface area (Å²) in [6, 6.07) is 11.8. The first-order valence-electron chi connectivity index (χ1n) is 6.51. The summed E-state index contributed by atoms with van der Waals surface area (Å²) in [7, 11) is 1.66. The Morgan fingerprint density at radius 3 is 2.36 bits per heavy atom. The van der Waals surface area contributed by atoms with Gasteiger partial charge in [0.25, 0.3) is 0 Å². The van der Waals surface area contributed by atoms with Crippen molar-refractivity contribution < 1.29 is 14.2 Å². The summed E-state index contributed by atoms with van der Waals surface area (Å²) in [5, 5.41) is 0. The van der Waals surface area contributed by atoms with E-state index in [1.165, 1.54) is 0 Å². The van der Waals surface area contributed by atoms with Crippen LogP contribution in [0.2, 0.25) is 0 Å². The summed E-state index contributed by atoms with van der Waals surface area (Å²) in [6.45, 7) is 0. The van der Waals surface area contributed by atoms with Gasteiger partial charge in [0.2, 0.25) is 0 Å². The number of hydrogen-bond acceptors (Lipinski definition) is 3. The Bertz CT molecular complexity index is 632. The molecule has 0 N–H and O–H groups in total. The van der Waals surface area contributed by atoms with E-state index in [-0.39, 0.29) is 0 Å². The van der Waals surface area contributed by atoms with Gasteiger partial charge in [0, 0.05) is 12.5 Å². The first-order valence-corrected chi connectivity index (χ1v) is 9.55. The molecule has 2 aromatic carbocycles. The number of methoxy groups -OCH3 is 1. The number of hydrogen-bond donors (Lipinski definition) is 0. The molecule has 0 atom stereocenters. The minimum Gasteiger partial charge on any atom is -0.496 e. The molecule has 0 heterocycles. The maximum absolute atomic E-state index is 5.67. The average Bonchev–Trinajstić information content (AvgIpc) is 2.52. The molecule has 0 spiro atoms. The largest absolute Gasteiger partial charge is 0.496 e. The van der Waals surface area contributed by atoms with E-state index in [0.717, 1.165) is 39.3 Å². The maximum atomic E-state index is 5.67. The molecule has 0 aliphatic rings. The van der Waals surface area contributed by atoms with Gasteiger partial charge in [0.05, 0.1) is 11.6 Å². The molecule has 0 aromatic heterocycles. The van der Waals surface area contributed by atoms with E-state index in [1.54, 1.807) is 7.11 Å². The van der Waals surface area contributed by atoms with Crippen LogP contribution in [0.15, 0.2) is 40.9 Å². The van der Waals surface area contributed by atoms with Crippen LogP contribution in [-0.2, 0) is 6.42 Å². The molecule has 0 bridgehead atoms. The van der Waals surface area contributed by atoms with Gasteiger partial charge >= 0.3 is 0 Å². The molecule has 0 aliphatic carbocycles. The number of halogens is 3. The molecule has 3 nitrogen and oxygen atoms in total. The van der Waals surface area contributed by atoms with Crippen molar-refractivity contribution in [1.29, 1.82) is 0 Å². The van der Waals surface area contributed by atoms with E-state index in [4.69, 9.17) is 14.2 Å². The van der Waals surface area contributed by atoms with Gasteiger partial charge < -0.3 is 14.2 Å². The second kappa shape index (κ2) is 8.79. The second-order valence-electron chi connectivity index (χ2n) is 4.39. The zero-order valence-electron chi connectivity index (χ0n) is 11.9. The van der Waals surface area contributed by atoms with E-state index >= 15 is 0 Å². The normalized spacial score (nSPS) is 10.4. The lowest BCUT2D eigenvalue weighted by molar-refractivity contribution is 0.375. The second-order valence-corrected chi connectivity index (χ2v) is 6.10. The van der Waals surface area contributed by atoms with Crippen molar-refractivity contribution in [3.05, 3.63) is 52.0 Å². The van der Waals surface area contributed by atoms with Crippen LogP contribution < -0.4 is 14.2 Å². The average molecular weight is 495 g/mol. The van der Waals surface area contributed by atoms with Crippen molar-refractivity contribution in [3.8, 4) is 17.2 Å². The molecule has 0 aliphatic heterocycles. The summed E-state index contributed by atoms with van der Waals surface area (Å²) in [4.78, 5) is 0. The van der Waals surface area contributed by atoms with Crippen molar-refractivity contribution in [2.75, 3.05) is 18.1 Å². The molecule has 0 unspecified atom stereocenters. The van der Waals surface area contributed by atoms with E-state index in [2.05, 4.69) is 53.9 Å². The lowest BCUT2D eigenvalue weighted by Gasteiger charge is -2.14. The Labute approximate surface area is 155 Å². The van der Waals surface area contributed by atoms with Crippen molar-refractivity contribution in [2.45, 2.75) is 6.42 Å². The first kappa shape index (κ1) is 17.6. The molecule has 2 rings (SSSR count). The van der Waals surface area contributed by atoms with Crippen molar-refractivity contribution in [1.82, 2.24) is 0 Å². The van der Waals surface area contributed by atoms with E-state index in [1.807, 2.05) is 30.3 Å². The van der Waals surface area contributed by atoms with Crippen LogP contribution in [0.4, 0.5) is 0 Å². The fourth-order valence-corrected chi connectivity index (χ4v) is 3.16. The molecule has 0 amide bonds. The predicted octanol–water partition coefficient (Wildman–Crippen LogP) is 5.51. The van der Waals surface area contributed by atoms with Crippen molar-refractivity contribution in [3.63, 3.8) is 0 Å². The Kier molecular flexibility index (Phi) is 7.05. The smallest absolute Gasteiger partial charge is 0.143 e. The van der Waals surface area contributed by atoms with Gasteiger partial charge in [0.1, 0.15) is 28.3 Å². The number of ether oxygens (including phenoxy) is 3. The quantitative estimate of drug-likeness (QED) is 0.475. The molecule has 6 heteroatoms. The fraction of sp³-hybridized carbons (Fsp3) is 0.250. The lowest BCUT2D eigenvalue weighted by Crippen LogP contribution is -1.99. The topological polar surface area (TPSA) is 27.7 Å². The predicted molar refractivity (Wildman–Crippen MR) is 98.8 cm³/mol. The Morgan fingerprint density at radius 2 is 1.68 bits per heavy atom. The minimum atomic E-state index is 0.428. The van der Waals surface area contributed by atoms with Gasteiger partial charge in [-0.2, -0.15) is 0 Å². The first-order chi connectivity index (χ1) is 10.7. The minimum absolute atomic E-state index is 0.428. The van der Waals surface area contributed by atoms with Crippen LogP contribution in [0.25, 0.3) is 0 Å². The van der Waals surface area contributed by atoms with Crippen LogP contribution in [-0.4, -0.2) is 18.1 Å². The molecule has 0 fully saturated rings. The van der Waals surface area contributed by atoms with Gasteiger partial charge in [-0.05, 0) is 71.0 Å². The van der Waals surface area contributed by atoms with Crippen LogP contribution in [0, 0.1) is 0 Å². The van der Waals surface area contributed by atoms with Gasteiger partial charge in [-0.3, -0.25) is 0 Å². The summed E-state index contributed by atoms with van der Waals surface area (Å²) < 4.78 is 17.4. The lowest BCUT2D eigenvalue weighted by atomic mass is 10.0. The monoisotopic (exact) mass is 492 g/mol. The summed E-state index contributed by atoms with van der Waals surface area (Å²) in [6.07, 6.45) is 0.731. The molecule has 22 heavy (non-hydrogen) atoms. The van der Waals surface area contributed by atoms with Gasteiger partial charge in [-0.25, -0.2) is 0 Å². The molecular weight excluding hydrogens is 480 g/mol. The number of benzene rings is 2. The van der Waals surface area contributed by atoms with Crippen molar-refractivity contribution >= 4 is 47.8 Å². The molecule has 118 valence electrons. The van der Waals surface area contributed by atoms with Gasteiger partial charge in [-0.15, -0.1) is 0 Å². The highest BCUT2D eigenvalue weighted by atomic mass is 79.9. The van der Waals surface area contributed by atoms with Crippen LogP contribution in [0.1, 0.15) is 11.1 Å². The maximum Gasteiger partial charge on any atom is 0.143 e. The van der Waals surface area contributed by atoms with Crippen LogP contribution in [0.3, 0.4) is 0 Å². The molecule has 0 saturated carbocycles. The molecule has 0 saturated heterocycles. The van der Waals surface area contributed by atoms with Crippen LogP contribution >= 0.6 is 47.8 Å². The number of rotatable bonds is 7. The summed E-state index contributed by atoms with van der Waals surface area (Å²) in [5.74, 6) is 2.38. The van der Waals surface area contributed by atoms with Gasteiger partial charge in [-0.1, -0.05) is 18.2 Å². The SMILES string of the molecule is COc1cccc(Cc2ccc(OCBr)cc2OCBr)c1Br. The molecular formula is C16H15Br3O3. The highest BCUT2D eigenvalue weighted by Gasteiger charge is 2.11. The third-order valence-corrected chi connectivity index (χ3v) is 4.47. The highest BCUT2D eigenvalue weighted by molar-refractivity contribution is 9.10.